The number of aromatic nitrogens is 2. The van der Waals surface area contributed by atoms with Crippen LogP contribution in [0.25, 0.3) is 10.8 Å². The second kappa shape index (κ2) is 7.55. The zero-order valence-corrected chi connectivity index (χ0v) is 15.9. The van der Waals surface area contributed by atoms with Crippen molar-refractivity contribution >= 4 is 34.2 Å². The molecule has 142 valence electrons. The topological polar surface area (TPSA) is 76.3 Å². The first-order valence-electron chi connectivity index (χ1n) is 8.88. The van der Waals surface area contributed by atoms with Gasteiger partial charge in [-0.15, -0.1) is 11.8 Å². The Morgan fingerprint density at radius 3 is 2.86 bits per heavy atom. The highest BCUT2D eigenvalue weighted by atomic mass is 32.2. The van der Waals surface area contributed by atoms with Crippen molar-refractivity contribution in [3.8, 4) is 0 Å². The Kier molecular flexibility index (Phi) is 4.95. The molecule has 0 radical (unpaired) electrons. The Bertz CT molecular complexity index is 1170. The van der Waals surface area contributed by atoms with Crippen LogP contribution < -0.4 is 11.0 Å². The van der Waals surface area contributed by atoms with E-state index in [2.05, 4.69) is 15.6 Å². The molecule has 3 aromatic rings. The van der Waals surface area contributed by atoms with Crippen LogP contribution in [0.1, 0.15) is 29.4 Å². The van der Waals surface area contributed by atoms with Crippen molar-refractivity contribution < 1.29 is 9.18 Å². The van der Waals surface area contributed by atoms with Gasteiger partial charge in [0.1, 0.15) is 5.82 Å². The molecule has 1 aliphatic heterocycles. The van der Waals surface area contributed by atoms with Crippen LogP contribution in [-0.2, 0) is 6.54 Å². The number of fused-ring (bicyclic) bond motifs is 2. The van der Waals surface area contributed by atoms with Crippen molar-refractivity contribution in [1.82, 2.24) is 15.2 Å². The summed E-state index contributed by atoms with van der Waals surface area (Å²) in [6.45, 7) is 2.14. The van der Waals surface area contributed by atoms with Crippen LogP contribution in [0, 0.1) is 5.82 Å². The van der Waals surface area contributed by atoms with Crippen LogP contribution in [0.5, 0.6) is 0 Å². The van der Waals surface area contributed by atoms with Gasteiger partial charge in [0, 0.05) is 34.6 Å². The average molecular weight is 396 g/mol. The Morgan fingerprint density at radius 1 is 1.29 bits per heavy atom. The van der Waals surface area contributed by atoms with Gasteiger partial charge in [-0.25, -0.2) is 14.5 Å². The van der Waals surface area contributed by atoms with E-state index in [1.165, 1.54) is 16.8 Å². The van der Waals surface area contributed by atoms with Gasteiger partial charge < -0.3 is 0 Å². The third-order valence-corrected chi connectivity index (χ3v) is 5.60. The van der Waals surface area contributed by atoms with Crippen molar-refractivity contribution in [3.05, 3.63) is 69.9 Å². The maximum atomic E-state index is 13.6. The molecule has 0 atom stereocenters. The molecule has 0 aliphatic carbocycles. The number of nitrogens with one attached hydrogen (secondary N) is 1. The molecule has 0 fully saturated rings. The van der Waals surface area contributed by atoms with Crippen molar-refractivity contribution in [2.45, 2.75) is 24.8 Å². The predicted molar refractivity (Wildman–Crippen MR) is 107 cm³/mol. The molecule has 1 aromatic heterocycles. The van der Waals surface area contributed by atoms with E-state index < -0.39 is 5.91 Å². The minimum Gasteiger partial charge on any atom is -0.267 e. The van der Waals surface area contributed by atoms with Gasteiger partial charge in [-0.1, -0.05) is 18.2 Å². The van der Waals surface area contributed by atoms with Gasteiger partial charge in [-0.3, -0.25) is 9.59 Å². The lowest BCUT2D eigenvalue weighted by Gasteiger charge is -2.17. The van der Waals surface area contributed by atoms with E-state index in [9.17, 15) is 14.0 Å². The molecule has 1 amide bonds. The van der Waals surface area contributed by atoms with Crippen molar-refractivity contribution in [2.75, 3.05) is 5.75 Å². The number of nitrogens with zero attached hydrogens (tertiary/aromatic N) is 3. The first-order valence-corrected chi connectivity index (χ1v) is 9.86. The highest BCUT2D eigenvalue weighted by Gasteiger charge is 2.19. The molecule has 0 saturated heterocycles. The molecular weight excluding hydrogens is 379 g/mol. The van der Waals surface area contributed by atoms with E-state index in [4.69, 9.17) is 0 Å². The molecule has 1 aliphatic rings. The predicted octanol–water partition coefficient (Wildman–Crippen LogP) is 3.19. The first-order chi connectivity index (χ1) is 13.6. The quantitative estimate of drug-likeness (QED) is 0.690. The number of aryl methyl sites for hydroxylation is 1. The van der Waals surface area contributed by atoms with E-state index in [1.54, 1.807) is 49.0 Å². The van der Waals surface area contributed by atoms with Crippen LogP contribution in [0.4, 0.5) is 4.39 Å². The Morgan fingerprint density at radius 2 is 2.07 bits per heavy atom. The van der Waals surface area contributed by atoms with Crippen LogP contribution in [0.2, 0.25) is 0 Å². The van der Waals surface area contributed by atoms with Gasteiger partial charge in [0.15, 0.2) is 5.69 Å². The fourth-order valence-electron chi connectivity index (χ4n) is 3.15. The van der Waals surface area contributed by atoms with Crippen LogP contribution in [-0.4, -0.2) is 27.2 Å². The molecule has 4 rings (SSSR count). The Hall–Kier alpha value is -3.00. The standard InChI is InChI=1S/C20H17FN4O2S/c1-2-25-20(27)14-6-4-3-5-13(14)18(24-25)19(26)23-22-16-9-10-28-17-8-7-12(21)11-15(16)17/h3-8,11H,2,9-10H2,1H3,(H,23,26)/b22-16-. The number of amides is 1. The lowest BCUT2D eigenvalue weighted by atomic mass is 10.1. The monoisotopic (exact) mass is 396 g/mol. The molecule has 6 nitrogen and oxygen atoms in total. The van der Waals surface area contributed by atoms with E-state index in [1.807, 2.05) is 0 Å². The number of thioether (sulfide) groups is 1. The summed E-state index contributed by atoms with van der Waals surface area (Å²) in [5, 5.41) is 9.34. The zero-order chi connectivity index (χ0) is 19.7. The molecule has 28 heavy (non-hydrogen) atoms. The second-order valence-electron chi connectivity index (χ2n) is 6.25. The summed E-state index contributed by atoms with van der Waals surface area (Å²) in [4.78, 5) is 26.1. The smallest absolute Gasteiger partial charge is 0.267 e. The lowest BCUT2D eigenvalue weighted by Crippen LogP contribution is -2.29. The fourth-order valence-corrected chi connectivity index (χ4v) is 4.16. The lowest BCUT2D eigenvalue weighted by molar-refractivity contribution is 0.0949. The van der Waals surface area contributed by atoms with Gasteiger partial charge in [0.05, 0.1) is 11.1 Å². The molecular formula is C20H17FN4O2S. The van der Waals surface area contributed by atoms with Crippen LogP contribution in [0.3, 0.4) is 0 Å². The summed E-state index contributed by atoms with van der Waals surface area (Å²) in [5.41, 5.74) is 3.73. The third kappa shape index (κ3) is 3.31. The highest BCUT2D eigenvalue weighted by Crippen LogP contribution is 2.30. The highest BCUT2D eigenvalue weighted by molar-refractivity contribution is 7.99. The first kappa shape index (κ1) is 18.4. The Labute approximate surface area is 164 Å². The number of hydrogen-bond donors (Lipinski definition) is 1. The number of halogens is 1. The Balaban J connectivity index is 1.71. The van der Waals surface area contributed by atoms with Gasteiger partial charge in [-0.05, 0) is 31.2 Å². The second-order valence-corrected chi connectivity index (χ2v) is 7.39. The summed E-state index contributed by atoms with van der Waals surface area (Å²) in [6, 6.07) is 11.4. The fraction of sp³-hybridized carbons (Fsp3) is 0.200. The van der Waals surface area contributed by atoms with Gasteiger partial charge in [-0.2, -0.15) is 10.2 Å². The van der Waals surface area contributed by atoms with Gasteiger partial charge in [0.25, 0.3) is 11.5 Å². The number of benzene rings is 2. The number of hydrazone groups is 1. The molecule has 0 unspecified atom stereocenters. The molecule has 2 heterocycles. The number of hydrogen-bond acceptors (Lipinski definition) is 5. The van der Waals surface area contributed by atoms with Crippen molar-refractivity contribution in [2.24, 2.45) is 5.10 Å². The zero-order valence-electron chi connectivity index (χ0n) is 15.1. The number of carbonyl (C=O) groups is 1. The molecule has 8 heteroatoms. The summed E-state index contributed by atoms with van der Waals surface area (Å²) in [7, 11) is 0. The molecule has 2 aromatic carbocycles. The molecule has 0 bridgehead atoms. The van der Waals surface area contributed by atoms with Crippen LogP contribution in [0.15, 0.2) is 57.3 Å². The summed E-state index contributed by atoms with van der Waals surface area (Å²) in [6.07, 6.45) is 0.615. The van der Waals surface area contributed by atoms with Gasteiger partial charge >= 0.3 is 0 Å². The van der Waals surface area contributed by atoms with Crippen LogP contribution >= 0.6 is 11.8 Å². The molecule has 0 saturated carbocycles. The molecule has 0 spiro atoms. The maximum Gasteiger partial charge on any atom is 0.292 e. The van der Waals surface area contributed by atoms with Gasteiger partial charge in [0.2, 0.25) is 0 Å². The largest absolute Gasteiger partial charge is 0.292 e. The number of carbonyl (C=O) groups excluding carboxylic acids is 1. The average Bonchev–Trinajstić information content (AvgIpc) is 2.72. The minimum atomic E-state index is -0.512. The SMILES string of the molecule is CCn1nc(C(=O)N/N=C2/CCSc3ccc(F)cc32)c2ccccc2c1=O. The third-order valence-electron chi connectivity index (χ3n) is 4.52. The minimum absolute atomic E-state index is 0.131. The molecule has 1 N–H and O–H groups in total. The maximum absolute atomic E-state index is 13.6. The van der Waals surface area contributed by atoms with Crippen molar-refractivity contribution in [1.29, 1.82) is 0 Å². The summed E-state index contributed by atoms with van der Waals surface area (Å²) >= 11 is 1.63. The summed E-state index contributed by atoms with van der Waals surface area (Å²) < 4.78 is 14.9. The normalized spacial score (nSPS) is 14.9. The van der Waals surface area contributed by atoms with E-state index in [-0.39, 0.29) is 17.1 Å². The van der Waals surface area contributed by atoms with E-state index in [0.717, 1.165) is 10.6 Å². The van der Waals surface area contributed by atoms with E-state index in [0.29, 0.717) is 35.0 Å². The summed E-state index contributed by atoms with van der Waals surface area (Å²) in [5.74, 6) is -0.0556. The van der Waals surface area contributed by atoms with E-state index >= 15 is 0 Å². The van der Waals surface area contributed by atoms with Crippen molar-refractivity contribution in [3.63, 3.8) is 0 Å². The number of rotatable bonds is 3.